The Morgan fingerprint density at radius 3 is 2.14 bits per heavy atom. The number of ether oxygens (including phenoxy) is 1. The molecule has 2 aliphatic heterocycles. The molecule has 42 heavy (non-hydrogen) atoms. The van der Waals surface area contributed by atoms with Crippen LogP contribution in [0.25, 0.3) is 0 Å². The van der Waals surface area contributed by atoms with Crippen LogP contribution in [0.1, 0.15) is 25.8 Å². The molecule has 10 heteroatoms. The molecule has 2 heterocycles. The van der Waals surface area contributed by atoms with Crippen molar-refractivity contribution in [3.05, 3.63) is 89.2 Å². The third kappa shape index (κ3) is 8.74. The molecule has 0 spiro atoms. The van der Waals surface area contributed by atoms with Gasteiger partial charge < -0.3 is 24.6 Å². The van der Waals surface area contributed by atoms with Crippen molar-refractivity contribution in [2.45, 2.75) is 32.7 Å². The maximum absolute atomic E-state index is 13.2. The van der Waals surface area contributed by atoms with Gasteiger partial charge in [-0.3, -0.25) is 9.69 Å². The number of benzene rings is 3. The molecule has 1 N–H and O–H groups in total. The fourth-order valence-corrected chi connectivity index (χ4v) is 5.14. The highest BCUT2D eigenvalue weighted by atomic mass is 35.5. The average molecular weight is 613 g/mol. The SMILES string of the molecule is CC.CNc1ccc(N2CCOCC2)cc1.O=CCC1C(=O)N(c2ccc(F)cc2)C(=S)N1CCc1ccc(Cl)cc1. The summed E-state index contributed by atoms with van der Waals surface area (Å²) in [5.74, 6) is -0.667. The van der Waals surface area contributed by atoms with Crippen molar-refractivity contribution < 1.29 is 18.7 Å². The number of hydrogen-bond donors (Lipinski definition) is 1. The Morgan fingerprint density at radius 1 is 0.976 bits per heavy atom. The lowest BCUT2D eigenvalue weighted by atomic mass is 10.1. The summed E-state index contributed by atoms with van der Waals surface area (Å²) >= 11 is 11.4. The Kier molecular flexibility index (Phi) is 13.2. The molecule has 224 valence electrons. The van der Waals surface area contributed by atoms with Crippen LogP contribution in [0.3, 0.4) is 0 Å². The van der Waals surface area contributed by atoms with E-state index in [2.05, 4.69) is 34.5 Å². The van der Waals surface area contributed by atoms with Crippen LogP contribution in [0.5, 0.6) is 0 Å². The van der Waals surface area contributed by atoms with Crippen LogP contribution < -0.4 is 15.1 Å². The predicted molar refractivity (Wildman–Crippen MR) is 173 cm³/mol. The van der Waals surface area contributed by atoms with Crippen molar-refractivity contribution >= 4 is 58.2 Å². The number of hydrogen-bond acceptors (Lipinski definition) is 6. The normalized spacial score (nSPS) is 16.3. The van der Waals surface area contributed by atoms with E-state index < -0.39 is 11.9 Å². The lowest BCUT2D eigenvalue weighted by Crippen LogP contribution is -2.37. The van der Waals surface area contributed by atoms with Gasteiger partial charge in [0.15, 0.2) is 5.11 Å². The quantitative estimate of drug-likeness (QED) is 0.240. The summed E-state index contributed by atoms with van der Waals surface area (Å²) in [5, 5.41) is 4.09. The minimum Gasteiger partial charge on any atom is -0.388 e. The number of anilines is 3. The zero-order valence-electron chi connectivity index (χ0n) is 24.3. The first-order valence-electron chi connectivity index (χ1n) is 14.1. The lowest BCUT2D eigenvalue weighted by molar-refractivity contribution is -0.122. The van der Waals surface area contributed by atoms with Crippen LogP contribution in [-0.2, 0) is 20.7 Å². The zero-order chi connectivity index (χ0) is 30.5. The molecule has 7 nitrogen and oxygen atoms in total. The van der Waals surface area contributed by atoms with E-state index in [9.17, 15) is 14.0 Å². The number of aldehydes is 1. The Balaban J connectivity index is 0.000000254. The Labute approximate surface area is 258 Å². The maximum atomic E-state index is 13.2. The van der Waals surface area contributed by atoms with E-state index in [1.807, 2.05) is 33.0 Å². The molecular formula is C32H38ClFN4O3S. The van der Waals surface area contributed by atoms with Gasteiger partial charge in [-0.25, -0.2) is 4.39 Å². The summed E-state index contributed by atoms with van der Waals surface area (Å²) < 4.78 is 18.5. The molecular weight excluding hydrogens is 575 g/mol. The summed E-state index contributed by atoms with van der Waals surface area (Å²) in [6.07, 6.45) is 1.42. The molecule has 2 saturated heterocycles. The van der Waals surface area contributed by atoms with Gasteiger partial charge in [0.2, 0.25) is 0 Å². The van der Waals surface area contributed by atoms with E-state index in [4.69, 9.17) is 28.6 Å². The van der Waals surface area contributed by atoms with Crippen molar-refractivity contribution in [2.24, 2.45) is 0 Å². The molecule has 0 aliphatic carbocycles. The highest BCUT2D eigenvalue weighted by Gasteiger charge is 2.42. The summed E-state index contributed by atoms with van der Waals surface area (Å²) in [6, 6.07) is 20.8. The third-order valence-electron chi connectivity index (χ3n) is 6.81. The summed E-state index contributed by atoms with van der Waals surface area (Å²) in [5.41, 5.74) is 3.98. The Morgan fingerprint density at radius 2 is 1.57 bits per heavy atom. The number of nitrogens with one attached hydrogen (secondary N) is 1. The van der Waals surface area contributed by atoms with Crippen molar-refractivity contribution in [3.63, 3.8) is 0 Å². The van der Waals surface area contributed by atoms with Crippen LogP contribution in [0.4, 0.5) is 21.5 Å². The van der Waals surface area contributed by atoms with Crippen molar-refractivity contribution in [3.8, 4) is 0 Å². The maximum Gasteiger partial charge on any atom is 0.256 e. The fraction of sp³-hybridized carbons (Fsp3) is 0.344. The van der Waals surface area contributed by atoms with Gasteiger partial charge in [-0.05, 0) is 84.9 Å². The molecule has 5 rings (SSSR count). The molecule has 1 atom stereocenters. The third-order valence-corrected chi connectivity index (χ3v) is 7.48. The first-order chi connectivity index (χ1) is 20.4. The van der Waals surface area contributed by atoms with Crippen molar-refractivity contribution in [1.82, 2.24) is 4.90 Å². The van der Waals surface area contributed by atoms with Crippen LogP contribution in [0.15, 0.2) is 72.8 Å². The second-order valence-corrected chi connectivity index (χ2v) is 10.1. The second kappa shape index (κ2) is 16.8. The standard InChI is InChI=1S/C19H16ClFN2O2S.C11H16N2O.C2H6/c20-14-3-1-13(2-4-14)9-11-22-17(10-12-24)18(25)23(19(22)26)16-7-5-15(21)6-8-16;1-12-10-2-4-11(5-3-10)13-6-8-14-9-7-13;1-2/h1-8,12,17H,9-11H2;2-5,12H,6-9H2,1H3;1-2H3. The van der Waals surface area contributed by atoms with Gasteiger partial charge in [-0.1, -0.05) is 37.6 Å². The lowest BCUT2D eigenvalue weighted by Gasteiger charge is -2.28. The van der Waals surface area contributed by atoms with Crippen LogP contribution in [0.2, 0.25) is 5.02 Å². The highest BCUT2D eigenvalue weighted by molar-refractivity contribution is 7.80. The number of halogens is 2. The van der Waals surface area contributed by atoms with Gasteiger partial charge in [-0.15, -0.1) is 0 Å². The number of rotatable bonds is 8. The Hall–Kier alpha value is -3.53. The molecule has 3 aromatic rings. The minimum atomic E-state index is -0.641. The fourth-order valence-electron chi connectivity index (χ4n) is 4.60. The first kappa shape index (κ1) is 33.0. The van der Waals surface area contributed by atoms with Gasteiger partial charge in [-0.2, -0.15) is 0 Å². The number of carbonyl (C=O) groups excluding carboxylic acids is 2. The largest absolute Gasteiger partial charge is 0.388 e. The molecule has 0 saturated carbocycles. The second-order valence-electron chi connectivity index (χ2n) is 9.32. The number of nitrogens with zero attached hydrogens (tertiary/aromatic N) is 3. The van der Waals surface area contributed by atoms with Gasteiger partial charge in [0.1, 0.15) is 18.1 Å². The first-order valence-corrected chi connectivity index (χ1v) is 14.9. The molecule has 1 amide bonds. The number of carbonyl (C=O) groups is 2. The summed E-state index contributed by atoms with van der Waals surface area (Å²) in [6.45, 7) is 8.17. The highest BCUT2D eigenvalue weighted by Crippen LogP contribution is 2.27. The van der Waals surface area contributed by atoms with E-state index >= 15 is 0 Å². The molecule has 2 aliphatic rings. The van der Waals surface area contributed by atoms with E-state index in [-0.39, 0.29) is 12.3 Å². The van der Waals surface area contributed by atoms with Crippen LogP contribution >= 0.6 is 23.8 Å². The molecule has 0 bridgehead atoms. The monoisotopic (exact) mass is 612 g/mol. The Bertz CT molecular complexity index is 1290. The van der Waals surface area contributed by atoms with Crippen LogP contribution in [-0.4, -0.2) is 68.1 Å². The minimum absolute atomic E-state index is 0.0529. The van der Waals surface area contributed by atoms with Crippen LogP contribution in [0, 0.1) is 5.82 Å². The van der Waals surface area contributed by atoms with Crippen molar-refractivity contribution in [1.29, 1.82) is 0 Å². The molecule has 1 unspecified atom stereocenters. The van der Waals surface area contributed by atoms with E-state index in [0.717, 1.165) is 37.6 Å². The van der Waals surface area contributed by atoms with Crippen molar-refractivity contribution in [2.75, 3.05) is 55.0 Å². The molecule has 3 aromatic carbocycles. The average Bonchev–Trinajstić information content (AvgIpc) is 3.27. The molecule has 0 aromatic heterocycles. The predicted octanol–water partition coefficient (Wildman–Crippen LogP) is 6.20. The number of amides is 1. The zero-order valence-corrected chi connectivity index (χ0v) is 25.8. The van der Waals surface area contributed by atoms with E-state index in [0.29, 0.717) is 35.1 Å². The van der Waals surface area contributed by atoms with E-state index in [1.165, 1.54) is 34.9 Å². The molecule has 0 radical (unpaired) electrons. The summed E-state index contributed by atoms with van der Waals surface area (Å²) in [7, 11) is 1.93. The summed E-state index contributed by atoms with van der Waals surface area (Å²) in [4.78, 5) is 29.3. The van der Waals surface area contributed by atoms with Gasteiger partial charge in [0.25, 0.3) is 5.91 Å². The van der Waals surface area contributed by atoms with Gasteiger partial charge >= 0.3 is 0 Å². The topological polar surface area (TPSA) is 65.1 Å². The van der Waals surface area contributed by atoms with Gasteiger partial charge in [0.05, 0.1) is 18.9 Å². The number of morpholine rings is 1. The number of thiocarbonyl (C=S) groups is 1. The van der Waals surface area contributed by atoms with E-state index in [1.54, 1.807) is 17.0 Å². The smallest absolute Gasteiger partial charge is 0.256 e. The molecule has 2 fully saturated rings. The van der Waals surface area contributed by atoms with Gasteiger partial charge in [0, 0.05) is 49.5 Å².